The first-order valence-electron chi connectivity index (χ1n) is 7.30. The van der Waals surface area contributed by atoms with Crippen molar-refractivity contribution in [2.75, 3.05) is 17.2 Å². The molecule has 0 unspecified atom stereocenters. The van der Waals surface area contributed by atoms with Crippen molar-refractivity contribution in [2.24, 2.45) is 0 Å². The monoisotopic (exact) mass is 325 g/mol. The summed E-state index contributed by atoms with van der Waals surface area (Å²) in [4.78, 5) is 4.39. The fourth-order valence-corrected chi connectivity index (χ4v) is 2.33. The number of aromatic nitrogens is 3. The van der Waals surface area contributed by atoms with Crippen LogP contribution < -0.4 is 10.6 Å². The van der Waals surface area contributed by atoms with Crippen LogP contribution in [0.2, 0.25) is 5.02 Å². The highest BCUT2D eigenvalue weighted by Crippen LogP contribution is 2.14. The summed E-state index contributed by atoms with van der Waals surface area (Å²) >= 11 is 5.98. The van der Waals surface area contributed by atoms with Gasteiger partial charge in [0.25, 0.3) is 0 Å². The SMILES string of the molecule is Clc1cccc(CCNc2nncc(Nc3ccccc3)n2)c1. The van der Waals surface area contributed by atoms with E-state index in [1.165, 1.54) is 0 Å². The predicted molar refractivity (Wildman–Crippen MR) is 93.2 cm³/mol. The number of benzene rings is 2. The van der Waals surface area contributed by atoms with Gasteiger partial charge in [-0.15, -0.1) is 5.10 Å². The van der Waals surface area contributed by atoms with Crippen LogP contribution in [0.25, 0.3) is 0 Å². The summed E-state index contributed by atoms with van der Waals surface area (Å²) in [5.41, 5.74) is 2.12. The van der Waals surface area contributed by atoms with E-state index in [0.29, 0.717) is 18.3 Å². The highest BCUT2D eigenvalue weighted by atomic mass is 35.5. The minimum Gasteiger partial charge on any atom is -0.353 e. The number of para-hydroxylation sites is 1. The normalized spacial score (nSPS) is 10.3. The van der Waals surface area contributed by atoms with Crippen LogP contribution >= 0.6 is 11.6 Å². The van der Waals surface area contributed by atoms with Gasteiger partial charge in [0.15, 0.2) is 5.82 Å². The van der Waals surface area contributed by atoms with Crippen LogP contribution in [-0.2, 0) is 6.42 Å². The third-order valence-corrected chi connectivity index (χ3v) is 3.43. The molecule has 0 saturated carbocycles. The Morgan fingerprint density at radius 3 is 2.70 bits per heavy atom. The molecule has 0 atom stereocenters. The fourth-order valence-electron chi connectivity index (χ4n) is 2.12. The van der Waals surface area contributed by atoms with Gasteiger partial charge >= 0.3 is 0 Å². The Hall–Kier alpha value is -2.66. The molecule has 0 amide bonds. The molecule has 2 aromatic carbocycles. The van der Waals surface area contributed by atoms with Crippen molar-refractivity contribution in [3.63, 3.8) is 0 Å². The molecule has 0 bridgehead atoms. The fraction of sp³-hybridized carbons (Fsp3) is 0.118. The number of anilines is 3. The van der Waals surface area contributed by atoms with Crippen LogP contribution in [0.4, 0.5) is 17.5 Å². The molecule has 0 aliphatic carbocycles. The van der Waals surface area contributed by atoms with Crippen molar-refractivity contribution in [3.05, 3.63) is 71.4 Å². The van der Waals surface area contributed by atoms with E-state index in [-0.39, 0.29) is 0 Å². The van der Waals surface area contributed by atoms with Crippen LogP contribution in [-0.4, -0.2) is 21.7 Å². The molecular weight excluding hydrogens is 310 g/mol. The molecular formula is C17H16ClN5. The lowest BCUT2D eigenvalue weighted by molar-refractivity contribution is 0.929. The Morgan fingerprint density at radius 1 is 1.00 bits per heavy atom. The lowest BCUT2D eigenvalue weighted by Crippen LogP contribution is -2.09. The summed E-state index contributed by atoms with van der Waals surface area (Å²) in [5.74, 6) is 1.14. The van der Waals surface area contributed by atoms with E-state index < -0.39 is 0 Å². The maximum absolute atomic E-state index is 5.98. The van der Waals surface area contributed by atoms with Gasteiger partial charge in [0.05, 0.1) is 6.20 Å². The Bertz CT molecular complexity index is 764. The molecule has 0 aliphatic rings. The van der Waals surface area contributed by atoms with E-state index >= 15 is 0 Å². The van der Waals surface area contributed by atoms with Crippen molar-refractivity contribution in [1.82, 2.24) is 15.2 Å². The average Bonchev–Trinajstić information content (AvgIpc) is 2.56. The van der Waals surface area contributed by atoms with Gasteiger partial charge in [-0.05, 0) is 36.2 Å². The number of rotatable bonds is 6. The molecule has 1 heterocycles. The number of nitrogens with one attached hydrogen (secondary N) is 2. The topological polar surface area (TPSA) is 62.7 Å². The number of hydrogen-bond donors (Lipinski definition) is 2. The highest BCUT2D eigenvalue weighted by molar-refractivity contribution is 6.30. The summed E-state index contributed by atoms with van der Waals surface area (Å²) in [5, 5.41) is 15.1. The van der Waals surface area contributed by atoms with Gasteiger partial charge in [-0.3, -0.25) is 0 Å². The summed E-state index contributed by atoms with van der Waals surface area (Å²) < 4.78 is 0. The standard InChI is InChI=1S/C17H16ClN5/c18-14-6-4-5-13(11-14)9-10-19-17-22-16(12-20-23-17)21-15-7-2-1-3-8-15/h1-8,11-12H,9-10H2,(H2,19,21,22,23). The molecule has 5 nitrogen and oxygen atoms in total. The summed E-state index contributed by atoms with van der Waals surface area (Å²) in [6.07, 6.45) is 2.43. The summed E-state index contributed by atoms with van der Waals surface area (Å²) in [6.45, 7) is 0.705. The van der Waals surface area contributed by atoms with Crippen molar-refractivity contribution in [2.45, 2.75) is 6.42 Å². The predicted octanol–water partition coefficient (Wildman–Crippen LogP) is 3.92. The largest absolute Gasteiger partial charge is 0.353 e. The third kappa shape index (κ3) is 4.66. The smallest absolute Gasteiger partial charge is 0.244 e. The molecule has 0 spiro atoms. The molecule has 0 saturated heterocycles. The van der Waals surface area contributed by atoms with E-state index in [4.69, 9.17) is 11.6 Å². The van der Waals surface area contributed by atoms with E-state index in [9.17, 15) is 0 Å². The third-order valence-electron chi connectivity index (χ3n) is 3.19. The lowest BCUT2D eigenvalue weighted by atomic mass is 10.1. The first-order valence-corrected chi connectivity index (χ1v) is 7.67. The Labute approximate surface area is 139 Å². The zero-order valence-corrected chi connectivity index (χ0v) is 13.2. The van der Waals surface area contributed by atoms with Crippen LogP contribution in [0.1, 0.15) is 5.56 Å². The molecule has 0 radical (unpaired) electrons. The molecule has 6 heteroatoms. The van der Waals surface area contributed by atoms with Crippen LogP contribution in [0.15, 0.2) is 60.8 Å². The Balaban J connectivity index is 1.57. The van der Waals surface area contributed by atoms with Gasteiger partial charge in [0.2, 0.25) is 5.95 Å². The van der Waals surface area contributed by atoms with Gasteiger partial charge in [-0.25, -0.2) is 0 Å². The molecule has 1 aromatic heterocycles. The zero-order valence-electron chi connectivity index (χ0n) is 12.4. The van der Waals surface area contributed by atoms with Gasteiger partial charge in [-0.1, -0.05) is 41.9 Å². The van der Waals surface area contributed by atoms with E-state index in [1.54, 1.807) is 6.20 Å². The van der Waals surface area contributed by atoms with Crippen molar-refractivity contribution >= 4 is 29.1 Å². The van der Waals surface area contributed by atoms with E-state index in [2.05, 4.69) is 25.8 Å². The number of hydrogen-bond acceptors (Lipinski definition) is 5. The van der Waals surface area contributed by atoms with E-state index in [1.807, 2.05) is 54.6 Å². The second-order valence-corrected chi connectivity index (χ2v) is 5.40. The lowest BCUT2D eigenvalue weighted by Gasteiger charge is -2.07. The molecule has 23 heavy (non-hydrogen) atoms. The van der Waals surface area contributed by atoms with Crippen molar-refractivity contribution in [3.8, 4) is 0 Å². The Morgan fingerprint density at radius 2 is 1.87 bits per heavy atom. The first kappa shape index (κ1) is 15.2. The molecule has 3 rings (SSSR count). The minimum atomic E-state index is 0.493. The highest BCUT2D eigenvalue weighted by Gasteiger charge is 2.01. The molecule has 2 N–H and O–H groups in total. The van der Waals surface area contributed by atoms with Crippen molar-refractivity contribution in [1.29, 1.82) is 0 Å². The molecule has 0 aliphatic heterocycles. The molecule has 116 valence electrons. The van der Waals surface area contributed by atoms with Gasteiger partial charge in [0.1, 0.15) is 0 Å². The molecule has 0 fully saturated rings. The van der Waals surface area contributed by atoms with Crippen LogP contribution in [0.5, 0.6) is 0 Å². The minimum absolute atomic E-state index is 0.493. The van der Waals surface area contributed by atoms with Gasteiger partial charge < -0.3 is 10.6 Å². The van der Waals surface area contributed by atoms with Gasteiger partial charge in [0, 0.05) is 17.3 Å². The number of nitrogens with zero attached hydrogens (tertiary/aromatic N) is 3. The quantitative estimate of drug-likeness (QED) is 0.719. The Kier molecular flexibility index (Phi) is 5.01. The second-order valence-electron chi connectivity index (χ2n) is 4.96. The van der Waals surface area contributed by atoms with Crippen LogP contribution in [0.3, 0.4) is 0 Å². The summed E-state index contributed by atoms with van der Waals surface area (Å²) in [6, 6.07) is 17.6. The van der Waals surface area contributed by atoms with Crippen LogP contribution in [0, 0.1) is 0 Å². The second kappa shape index (κ2) is 7.56. The maximum atomic E-state index is 5.98. The first-order chi connectivity index (χ1) is 11.3. The summed E-state index contributed by atoms with van der Waals surface area (Å²) in [7, 11) is 0. The molecule has 3 aromatic rings. The maximum Gasteiger partial charge on any atom is 0.244 e. The number of halogens is 1. The van der Waals surface area contributed by atoms with E-state index in [0.717, 1.165) is 22.7 Å². The van der Waals surface area contributed by atoms with Gasteiger partial charge in [-0.2, -0.15) is 10.1 Å². The zero-order chi connectivity index (χ0) is 15.9. The van der Waals surface area contributed by atoms with Crippen molar-refractivity contribution < 1.29 is 0 Å². The average molecular weight is 326 g/mol.